The summed E-state index contributed by atoms with van der Waals surface area (Å²) >= 11 is 1.81. The molecule has 9 heteroatoms. The summed E-state index contributed by atoms with van der Waals surface area (Å²) in [4.78, 5) is 8.80. The lowest BCUT2D eigenvalue weighted by molar-refractivity contribution is -0.0327. The Kier molecular flexibility index (Phi) is 13.3. The first-order valence-corrected chi connectivity index (χ1v) is 12.2. The summed E-state index contributed by atoms with van der Waals surface area (Å²) < 4.78 is 17.1. The highest BCUT2D eigenvalue weighted by atomic mass is 127. The van der Waals surface area contributed by atoms with Crippen LogP contribution in [0.25, 0.3) is 0 Å². The highest BCUT2D eigenvalue weighted by molar-refractivity contribution is 14.0. The van der Waals surface area contributed by atoms with Crippen molar-refractivity contribution in [3.05, 3.63) is 22.4 Å². The van der Waals surface area contributed by atoms with Gasteiger partial charge in [0.25, 0.3) is 0 Å². The van der Waals surface area contributed by atoms with Gasteiger partial charge >= 0.3 is 0 Å². The van der Waals surface area contributed by atoms with Crippen molar-refractivity contribution in [2.24, 2.45) is 4.99 Å². The number of thiophene rings is 1. The molecule has 1 aromatic rings. The Balaban J connectivity index is 0.00000341. The van der Waals surface area contributed by atoms with Crippen molar-refractivity contribution in [2.45, 2.75) is 51.4 Å². The molecule has 178 valence electrons. The molecule has 0 bridgehead atoms. The van der Waals surface area contributed by atoms with Crippen LogP contribution < -0.4 is 10.6 Å². The first-order chi connectivity index (χ1) is 14.8. The molecule has 2 unspecified atom stereocenters. The first-order valence-electron chi connectivity index (χ1n) is 11.4. The molecule has 2 aliphatic heterocycles. The van der Waals surface area contributed by atoms with Crippen LogP contribution in [0.15, 0.2) is 22.5 Å². The number of rotatable bonds is 10. The van der Waals surface area contributed by atoms with Crippen LogP contribution in [-0.2, 0) is 14.2 Å². The molecule has 2 aliphatic rings. The van der Waals surface area contributed by atoms with Crippen LogP contribution in [0.2, 0.25) is 0 Å². The zero-order valence-electron chi connectivity index (χ0n) is 18.9. The average Bonchev–Trinajstić information content (AvgIpc) is 3.29. The Labute approximate surface area is 208 Å². The van der Waals surface area contributed by atoms with E-state index < -0.39 is 0 Å². The predicted molar refractivity (Wildman–Crippen MR) is 138 cm³/mol. The van der Waals surface area contributed by atoms with Crippen molar-refractivity contribution >= 4 is 41.3 Å². The molecular formula is C22H39IN4O3S. The van der Waals surface area contributed by atoms with E-state index >= 15 is 0 Å². The standard InChI is InChI=1S/C22H38N4O3S.HI/c1-3-23-22(24-9-5-11-29-19-7-12-27-13-8-19)25-16-20(21-6-4-15-30-21)26-10-14-28-18(2)17-26;/h4,6,15,18-20H,3,5,7-14,16-17H2,1-2H3,(H2,23,24,25);1H. The second kappa shape index (κ2) is 15.4. The average molecular weight is 567 g/mol. The summed E-state index contributed by atoms with van der Waals surface area (Å²) in [5.41, 5.74) is 0. The first kappa shape index (κ1) is 26.8. The zero-order valence-corrected chi connectivity index (χ0v) is 22.0. The molecule has 0 radical (unpaired) electrons. The van der Waals surface area contributed by atoms with E-state index in [0.29, 0.717) is 12.1 Å². The highest BCUT2D eigenvalue weighted by Crippen LogP contribution is 2.27. The minimum Gasteiger partial charge on any atom is -0.381 e. The van der Waals surface area contributed by atoms with Crippen LogP contribution in [0.1, 0.15) is 44.0 Å². The normalized spacial score (nSPS) is 22.0. The maximum Gasteiger partial charge on any atom is 0.191 e. The van der Waals surface area contributed by atoms with Crippen LogP contribution in [0.5, 0.6) is 0 Å². The smallest absolute Gasteiger partial charge is 0.191 e. The van der Waals surface area contributed by atoms with E-state index in [9.17, 15) is 0 Å². The van der Waals surface area contributed by atoms with Gasteiger partial charge in [0.2, 0.25) is 0 Å². The molecule has 31 heavy (non-hydrogen) atoms. The predicted octanol–water partition coefficient (Wildman–Crippen LogP) is 3.27. The molecule has 3 rings (SSSR count). The van der Waals surface area contributed by atoms with Crippen LogP contribution >= 0.6 is 35.3 Å². The SMILES string of the molecule is CCNC(=NCC(c1cccs1)N1CCOC(C)C1)NCCCOC1CCOCC1.I. The fourth-order valence-electron chi connectivity index (χ4n) is 3.89. The second-order valence-corrected chi connectivity index (χ2v) is 8.87. The Morgan fingerprint density at radius 1 is 1.32 bits per heavy atom. The topological polar surface area (TPSA) is 67.4 Å². The summed E-state index contributed by atoms with van der Waals surface area (Å²) in [5.74, 6) is 0.881. The molecule has 3 heterocycles. The molecule has 7 nitrogen and oxygen atoms in total. The summed E-state index contributed by atoms with van der Waals surface area (Å²) in [7, 11) is 0. The summed E-state index contributed by atoms with van der Waals surface area (Å²) in [6, 6.07) is 4.64. The third-order valence-electron chi connectivity index (χ3n) is 5.49. The number of hydrogen-bond donors (Lipinski definition) is 2. The van der Waals surface area contributed by atoms with E-state index in [4.69, 9.17) is 19.2 Å². The maximum atomic E-state index is 5.96. The Hall–Kier alpha value is -0.460. The number of ether oxygens (including phenoxy) is 3. The Morgan fingerprint density at radius 2 is 2.16 bits per heavy atom. The number of nitrogens with zero attached hydrogens (tertiary/aromatic N) is 2. The van der Waals surface area contributed by atoms with Gasteiger partial charge < -0.3 is 24.8 Å². The summed E-state index contributed by atoms with van der Waals surface area (Å²) in [5, 5.41) is 8.99. The molecule has 2 fully saturated rings. The van der Waals surface area contributed by atoms with Crippen molar-refractivity contribution in [3.8, 4) is 0 Å². The molecule has 0 spiro atoms. The lowest BCUT2D eigenvalue weighted by atomic mass is 10.1. The highest BCUT2D eigenvalue weighted by Gasteiger charge is 2.26. The van der Waals surface area contributed by atoms with Crippen molar-refractivity contribution in [2.75, 3.05) is 59.2 Å². The number of nitrogens with one attached hydrogen (secondary N) is 2. The van der Waals surface area contributed by atoms with Crippen molar-refractivity contribution < 1.29 is 14.2 Å². The van der Waals surface area contributed by atoms with Gasteiger partial charge in [-0.15, -0.1) is 35.3 Å². The molecular weight excluding hydrogens is 527 g/mol. The number of halogens is 1. The van der Waals surface area contributed by atoms with Gasteiger partial charge in [-0.2, -0.15) is 0 Å². The van der Waals surface area contributed by atoms with Crippen LogP contribution in [-0.4, -0.2) is 82.2 Å². The molecule has 2 atom stereocenters. The number of morpholine rings is 1. The van der Waals surface area contributed by atoms with Crippen LogP contribution in [0, 0.1) is 0 Å². The van der Waals surface area contributed by atoms with Crippen molar-refractivity contribution in [1.29, 1.82) is 0 Å². The number of guanidine groups is 1. The number of aliphatic imine (C=N–C) groups is 1. The monoisotopic (exact) mass is 566 g/mol. The summed E-state index contributed by atoms with van der Waals surface area (Å²) in [6.07, 6.45) is 3.64. The molecule has 0 saturated carbocycles. The molecule has 2 N–H and O–H groups in total. The van der Waals surface area contributed by atoms with E-state index in [0.717, 1.165) is 84.4 Å². The van der Waals surface area contributed by atoms with Gasteiger partial charge in [-0.1, -0.05) is 6.07 Å². The molecule has 0 amide bonds. The molecule has 0 aliphatic carbocycles. The van der Waals surface area contributed by atoms with Gasteiger partial charge in [0.15, 0.2) is 5.96 Å². The van der Waals surface area contributed by atoms with Gasteiger partial charge in [0.05, 0.1) is 31.4 Å². The minimum atomic E-state index is 0. The molecule has 1 aromatic heterocycles. The van der Waals surface area contributed by atoms with Crippen LogP contribution in [0.4, 0.5) is 0 Å². The third kappa shape index (κ3) is 9.51. The second-order valence-electron chi connectivity index (χ2n) is 7.89. The zero-order chi connectivity index (χ0) is 21.0. The van der Waals surface area contributed by atoms with E-state index in [1.807, 2.05) is 11.3 Å². The summed E-state index contributed by atoms with van der Waals surface area (Å²) in [6.45, 7) is 11.8. The third-order valence-corrected chi connectivity index (χ3v) is 6.46. The largest absolute Gasteiger partial charge is 0.381 e. The van der Waals surface area contributed by atoms with E-state index in [1.165, 1.54) is 4.88 Å². The lowest BCUT2D eigenvalue weighted by Gasteiger charge is -2.36. The quantitative estimate of drug-likeness (QED) is 0.196. The minimum absolute atomic E-state index is 0. The van der Waals surface area contributed by atoms with E-state index in [1.54, 1.807) is 0 Å². The Morgan fingerprint density at radius 3 is 2.87 bits per heavy atom. The van der Waals surface area contributed by atoms with Gasteiger partial charge in [0, 0.05) is 50.9 Å². The fourth-order valence-corrected chi connectivity index (χ4v) is 4.74. The van der Waals surface area contributed by atoms with Crippen LogP contribution in [0.3, 0.4) is 0 Å². The lowest BCUT2D eigenvalue weighted by Crippen LogP contribution is -2.44. The van der Waals surface area contributed by atoms with Crippen molar-refractivity contribution in [1.82, 2.24) is 15.5 Å². The van der Waals surface area contributed by atoms with E-state index in [2.05, 4.69) is 46.9 Å². The maximum absolute atomic E-state index is 5.96. The molecule has 0 aromatic carbocycles. The van der Waals surface area contributed by atoms with E-state index in [-0.39, 0.29) is 30.1 Å². The van der Waals surface area contributed by atoms with Gasteiger partial charge in [-0.05, 0) is 44.6 Å². The van der Waals surface area contributed by atoms with Gasteiger partial charge in [0.1, 0.15) is 0 Å². The van der Waals surface area contributed by atoms with Gasteiger partial charge in [-0.25, -0.2) is 0 Å². The Bertz CT molecular complexity index is 614. The number of hydrogen-bond acceptors (Lipinski definition) is 6. The fraction of sp³-hybridized carbons (Fsp3) is 0.773. The van der Waals surface area contributed by atoms with Crippen molar-refractivity contribution in [3.63, 3.8) is 0 Å². The van der Waals surface area contributed by atoms with Gasteiger partial charge in [-0.3, -0.25) is 9.89 Å². The molecule has 2 saturated heterocycles.